The lowest BCUT2D eigenvalue weighted by atomic mass is 9.72. The third kappa shape index (κ3) is 3.13. The topological polar surface area (TPSA) is 80.6 Å². The van der Waals surface area contributed by atoms with Crippen molar-refractivity contribution in [1.29, 1.82) is 0 Å². The first-order chi connectivity index (χ1) is 17.6. The Bertz CT molecular complexity index is 1350. The van der Waals surface area contributed by atoms with Crippen molar-refractivity contribution in [2.45, 2.75) is 56.7 Å². The highest BCUT2D eigenvalue weighted by Crippen LogP contribution is 2.57. The average molecular weight is 484 g/mol. The predicted octanol–water partition coefficient (Wildman–Crippen LogP) is 3.62. The summed E-state index contributed by atoms with van der Waals surface area (Å²) in [6.07, 6.45) is 6.27. The van der Waals surface area contributed by atoms with E-state index in [0.717, 1.165) is 53.9 Å². The Hall–Kier alpha value is -3.68. The number of amides is 2. The van der Waals surface area contributed by atoms with Crippen molar-refractivity contribution in [3.63, 3.8) is 0 Å². The number of carbonyl (C=O) groups is 2. The number of aromatic nitrogens is 3. The van der Waals surface area contributed by atoms with Gasteiger partial charge in [0.15, 0.2) is 0 Å². The number of nitrogens with zero attached hydrogens (tertiary/aromatic N) is 5. The zero-order valence-electron chi connectivity index (χ0n) is 20.2. The average Bonchev–Trinajstić information content (AvgIpc) is 3.54. The van der Waals surface area contributed by atoms with Gasteiger partial charge in [-0.15, -0.1) is 5.10 Å². The molecule has 0 N–H and O–H groups in total. The third-order valence-electron chi connectivity index (χ3n) is 8.45. The Morgan fingerprint density at radius 3 is 2.81 bits per heavy atom. The molecule has 1 aromatic heterocycles. The number of hydrogen-bond donors (Lipinski definition) is 0. The summed E-state index contributed by atoms with van der Waals surface area (Å²) in [6.45, 7) is 2.16. The number of aryl methyl sites for hydroxylation is 1. The minimum absolute atomic E-state index is 0.0355. The Morgan fingerprint density at radius 1 is 1.06 bits per heavy atom. The summed E-state index contributed by atoms with van der Waals surface area (Å²) < 4.78 is 7.92. The number of carbonyl (C=O) groups excluding carboxylic acids is 2. The van der Waals surface area contributed by atoms with Crippen LogP contribution in [0.5, 0.6) is 5.75 Å². The van der Waals surface area contributed by atoms with Crippen LogP contribution in [0.3, 0.4) is 0 Å². The zero-order valence-corrected chi connectivity index (χ0v) is 20.2. The molecule has 4 heterocycles. The molecule has 184 valence electrons. The van der Waals surface area contributed by atoms with E-state index in [9.17, 15) is 9.59 Å². The molecule has 1 saturated heterocycles. The summed E-state index contributed by atoms with van der Waals surface area (Å²) in [5.74, 6) is 1.04. The number of anilines is 1. The molecule has 2 amide bonds. The molecule has 6 bridgehead atoms. The van der Waals surface area contributed by atoms with Crippen molar-refractivity contribution in [1.82, 2.24) is 19.9 Å². The molecule has 0 radical (unpaired) electrons. The summed E-state index contributed by atoms with van der Waals surface area (Å²) >= 11 is 0. The summed E-state index contributed by atoms with van der Waals surface area (Å²) in [5.41, 5.74) is 2.77. The van der Waals surface area contributed by atoms with E-state index in [2.05, 4.69) is 16.4 Å². The second-order valence-electron chi connectivity index (χ2n) is 10.4. The van der Waals surface area contributed by atoms with Gasteiger partial charge in [0, 0.05) is 31.1 Å². The molecule has 2 atom stereocenters. The van der Waals surface area contributed by atoms with Crippen LogP contribution in [0.4, 0.5) is 5.69 Å². The number of benzene rings is 2. The van der Waals surface area contributed by atoms with E-state index in [1.165, 1.54) is 0 Å². The maximum absolute atomic E-state index is 14.5. The summed E-state index contributed by atoms with van der Waals surface area (Å²) in [7, 11) is 0. The highest BCUT2D eigenvalue weighted by atomic mass is 16.5. The largest absolute Gasteiger partial charge is 0.494 e. The Kier molecular flexibility index (Phi) is 4.91. The second kappa shape index (κ2) is 8.18. The molecule has 0 unspecified atom stereocenters. The molecule has 36 heavy (non-hydrogen) atoms. The van der Waals surface area contributed by atoms with Gasteiger partial charge >= 0.3 is 0 Å². The number of likely N-dealkylation sites (tertiary alicyclic amines) is 1. The van der Waals surface area contributed by atoms with Crippen LogP contribution in [0.25, 0.3) is 0 Å². The van der Waals surface area contributed by atoms with Crippen LogP contribution < -0.4 is 9.64 Å². The van der Waals surface area contributed by atoms with Gasteiger partial charge in [-0.2, -0.15) is 0 Å². The van der Waals surface area contributed by atoms with Crippen LogP contribution in [0.15, 0.2) is 54.7 Å². The summed E-state index contributed by atoms with van der Waals surface area (Å²) in [5, 5.41) is 8.63. The number of ether oxygens (including phenoxy) is 1. The van der Waals surface area contributed by atoms with Gasteiger partial charge < -0.3 is 14.5 Å². The van der Waals surface area contributed by atoms with E-state index < -0.39 is 5.41 Å². The van der Waals surface area contributed by atoms with Gasteiger partial charge in [-0.1, -0.05) is 42.0 Å². The zero-order chi connectivity index (χ0) is 24.3. The van der Waals surface area contributed by atoms with Crippen molar-refractivity contribution in [2.24, 2.45) is 5.92 Å². The fourth-order valence-corrected chi connectivity index (χ4v) is 6.51. The SMILES string of the molecule is O=C(C1CCC1)N1CC[C@]23C(=O)N(Cc4cn(nn4)CCCOc4cccc(c4)[C@H]12)c1ccccc13. The normalized spacial score (nSPS) is 25.3. The minimum atomic E-state index is -0.842. The molecule has 3 aromatic rings. The molecular formula is C28H29N5O3. The Balaban J connectivity index is 1.41. The fraction of sp³-hybridized carbons (Fsp3) is 0.429. The molecule has 1 saturated carbocycles. The fourth-order valence-electron chi connectivity index (χ4n) is 6.51. The number of rotatable bonds is 1. The van der Waals surface area contributed by atoms with Crippen molar-refractivity contribution in [3.05, 3.63) is 71.5 Å². The molecule has 2 fully saturated rings. The molecule has 8 nitrogen and oxygen atoms in total. The summed E-state index contributed by atoms with van der Waals surface area (Å²) in [6, 6.07) is 15.7. The number of fused-ring (bicyclic) bond motifs is 8. The molecule has 7 rings (SSSR count). The van der Waals surface area contributed by atoms with Crippen molar-refractivity contribution < 1.29 is 14.3 Å². The van der Waals surface area contributed by atoms with Gasteiger partial charge in [-0.3, -0.25) is 14.3 Å². The van der Waals surface area contributed by atoms with Gasteiger partial charge in [-0.25, -0.2) is 0 Å². The first-order valence-corrected chi connectivity index (χ1v) is 13.0. The van der Waals surface area contributed by atoms with Crippen LogP contribution in [0.2, 0.25) is 0 Å². The third-order valence-corrected chi connectivity index (χ3v) is 8.45. The minimum Gasteiger partial charge on any atom is -0.494 e. The van der Waals surface area contributed by atoms with Gasteiger partial charge in [-0.05, 0) is 48.6 Å². The molecule has 8 heteroatoms. The molecule has 4 aliphatic rings. The van der Waals surface area contributed by atoms with E-state index in [1.54, 1.807) is 0 Å². The Morgan fingerprint density at radius 2 is 1.94 bits per heavy atom. The first-order valence-electron chi connectivity index (χ1n) is 13.0. The maximum Gasteiger partial charge on any atom is 0.240 e. The molecular weight excluding hydrogens is 454 g/mol. The van der Waals surface area contributed by atoms with Crippen LogP contribution in [0.1, 0.15) is 55.0 Å². The van der Waals surface area contributed by atoms with Gasteiger partial charge in [0.2, 0.25) is 11.8 Å². The molecule has 1 aliphatic carbocycles. The monoisotopic (exact) mass is 483 g/mol. The van der Waals surface area contributed by atoms with Crippen molar-refractivity contribution in [2.75, 3.05) is 18.1 Å². The molecule has 1 spiro atoms. The summed E-state index contributed by atoms with van der Waals surface area (Å²) in [4.78, 5) is 32.1. The number of para-hydroxylation sites is 1. The van der Waals surface area contributed by atoms with Crippen LogP contribution >= 0.6 is 0 Å². The van der Waals surface area contributed by atoms with Gasteiger partial charge in [0.1, 0.15) is 16.9 Å². The van der Waals surface area contributed by atoms with Gasteiger partial charge in [0.05, 0.1) is 25.4 Å². The van der Waals surface area contributed by atoms with E-state index in [4.69, 9.17) is 4.74 Å². The van der Waals surface area contributed by atoms with Gasteiger partial charge in [0.25, 0.3) is 0 Å². The number of hydrogen-bond acceptors (Lipinski definition) is 5. The van der Waals surface area contributed by atoms with E-state index in [0.29, 0.717) is 32.7 Å². The highest BCUT2D eigenvalue weighted by Gasteiger charge is 2.62. The van der Waals surface area contributed by atoms with E-state index in [-0.39, 0.29) is 23.8 Å². The Labute approximate surface area is 209 Å². The maximum atomic E-state index is 14.5. The van der Waals surface area contributed by atoms with Crippen LogP contribution in [-0.2, 0) is 28.1 Å². The lowest BCUT2D eigenvalue weighted by Gasteiger charge is -2.38. The smallest absolute Gasteiger partial charge is 0.240 e. The van der Waals surface area contributed by atoms with E-state index >= 15 is 0 Å². The van der Waals surface area contributed by atoms with Crippen LogP contribution in [-0.4, -0.2) is 44.9 Å². The van der Waals surface area contributed by atoms with Crippen LogP contribution in [0, 0.1) is 5.92 Å². The highest BCUT2D eigenvalue weighted by molar-refractivity contribution is 6.09. The lowest BCUT2D eigenvalue weighted by Crippen LogP contribution is -2.47. The lowest BCUT2D eigenvalue weighted by molar-refractivity contribution is -0.140. The molecule has 3 aliphatic heterocycles. The first kappa shape index (κ1) is 21.6. The second-order valence-corrected chi connectivity index (χ2v) is 10.4. The van der Waals surface area contributed by atoms with Crippen molar-refractivity contribution in [3.8, 4) is 5.75 Å². The quantitative estimate of drug-likeness (QED) is 0.528. The van der Waals surface area contributed by atoms with E-state index in [1.807, 2.05) is 63.1 Å². The standard InChI is InChI=1S/C28H29N5O3/c34-26(19-6-3-7-19)32-14-12-28-23-10-1-2-11-24(23)33(27(28)35)18-21-17-31(30-29-21)13-5-15-36-22-9-4-8-20(16-22)25(28)32/h1-2,4,8-11,16-17,19,25H,3,5-7,12-15,18H2/t25-,28+/m0/s1. The van der Waals surface area contributed by atoms with Crippen molar-refractivity contribution >= 4 is 17.5 Å². The predicted molar refractivity (Wildman–Crippen MR) is 132 cm³/mol. The molecule has 2 aromatic carbocycles.